The molecule has 5 nitrogen and oxygen atoms in total. The Hall–Kier alpha value is -2.22. The molecule has 0 aliphatic carbocycles. The molecular formula is C21H20BrN3O2S. The lowest BCUT2D eigenvalue weighted by Crippen LogP contribution is -2.29. The normalized spacial score (nSPS) is 13.8. The number of halogens is 1. The maximum absolute atomic E-state index is 12.2. The van der Waals surface area contributed by atoms with Gasteiger partial charge in [0.25, 0.3) is 5.91 Å². The van der Waals surface area contributed by atoms with Crippen molar-refractivity contribution in [3.05, 3.63) is 75.2 Å². The second-order valence-electron chi connectivity index (χ2n) is 6.63. The van der Waals surface area contributed by atoms with Crippen LogP contribution in [0.15, 0.2) is 59.1 Å². The number of amides is 1. The zero-order valence-electron chi connectivity index (χ0n) is 15.2. The maximum Gasteiger partial charge on any atom is 0.264 e. The molecule has 0 saturated heterocycles. The molecule has 3 aromatic rings. The van der Waals surface area contributed by atoms with Crippen LogP contribution in [0, 0.1) is 0 Å². The van der Waals surface area contributed by atoms with Crippen LogP contribution in [0.3, 0.4) is 0 Å². The van der Waals surface area contributed by atoms with Crippen molar-refractivity contribution < 1.29 is 9.53 Å². The Labute approximate surface area is 176 Å². The van der Waals surface area contributed by atoms with Crippen LogP contribution in [0.5, 0.6) is 5.75 Å². The predicted molar refractivity (Wildman–Crippen MR) is 115 cm³/mol. The molecule has 144 valence electrons. The van der Waals surface area contributed by atoms with Crippen molar-refractivity contribution in [2.75, 3.05) is 18.5 Å². The second kappa shape index (κ2) is 8.86. The Bertz CT molecular complexity index is 961. The van der Waals surface area contributed by atoms with Crippen molar-refractivity contribution in [1.82, 2.24) is 9.88 Å². The molecule has 0 bridgehead atoms. The number of carbonyl (C=O) groups is 1. The van der Waals surface area contributed by atoms with Gasteiger partial charge in [-0.1, -0.05) is 52.3 Å². The van der Waals surface area contributed by atoms with Gasteiger partial charge in [0.2, 0.25) is 0 Å². The van der Waals surface area contributed by atoms with E-state index in [1.54, 1.807) is 11.3 Å². The van der Waals surface area contributed by atoms with Gasteiger partial charge in [-0.05, 0) is 23.8 Å². The summed E-state index contributed by atoms with van der Waals surface area (Å²) in [6.45, 7) is 2.73. The highest BCUT2D eigenvalue weighted by Crippen LogP contribution is 2.29. The number of thiazole rings is 1. The fourth-order valence-electron chi connectivity index (χ4n) is 3.14. The molecular weight excluding hydrogens is 438 g/mol. The monoisotopic (exact) mass is 457 g/mol. The molecule has 1 aromatic heterocycles. The molecule has 28 heavy (non-hydrogen) atoms. The van der Waals surface area contributed by atoms with Crippen LogP contribution in [0.25, 0.3) is 0 Å². The molecule has 7 heteroatoms. The third-order valence-electron chi connectivity index (χ3n) is 4.47. The van der Waals surface area contributed by atoms with E-state index in [0.717, 1.165) is 36.2 Å². The van der Waals surface area contributed by atoms with Gasteiger partial charge >= 0.3 is 0 Å². The van der Waals surface area contributed by atoms with Gasteiger partial charge in [0.1, 0.15) is 5.75 Å². The molecule has 0 fully saturated rings. The van der Waals surface area contributed by atoms with E-state index in [2.05, 4.69) is 55.4 Å². The Morgan fingerprint density at radius 1 is 1.21 bits per heavy atom. The van der Waals surface area contributed by atoms with Gasteiger partial charge in [0.05, 0.1) is 5.69 Å². The van der Waals surface area contributed by atoms with Gasteiger partial charge in [-0.25, -0.2) is 4.98 Å². The summed E-state index contributed by atoms with van der Waals surface area (Å²) in [7, 11) is 0. The van der Waals surface area contributed by atoms with E-state index in [1.807, 2.05) is 30.3 Å². The number of hydrogen-bond acceptors (Lipinski definition) is 5. The van der Waals surface area contributed by atoms with Crippen molar-refractivity contribution in [1.29, 1.82) is 0 Å². The molecule has 0 unspecified atom stereocenters. The number of hydrogen-bond donors (Lipinski definition) is 1. The summed E-state index contributed by atoms with van der Waals surface area (Å²) in [5.41, 5.74) is 2.41. The Morgan fingerprint density at radius 2 is 2.07 bits per heavy atom. The van der Waals surface area contributed by atoms with E-state index in [0.29, 0.717) is 10.9 Å². The number of benzene rings is 2. The molecule has 1 N–H and O–H groups in total. The minimum absolute atomic E-state index is 0.0408. The Morgan fingerprint density at radius 3 is 2.89 bits per heavy atom. The van der Waals surface area contributed by atoms with Crippen molar-refractivity contribution in [3.63, 3.8) is 0 Å². The molecule has 1 amide bonds. The van der Waals surface area contributed by atoms with Gasteiger partial charge in [0.15, 0.2) is 11.7 Å². The zero-order valence-corrected chi connectivity index (χ0v) is 17.6. The summed E-state index contributed by atoms with van der Waals surface area (Å²) in [6.07, 6.45) is 0.906. The summed E-state index contributed by atoms with van der Waals surface area (Å²) >= 11 is 4.94. The minimum atomic E-state index is -0.202. The molecule has 0 saturated carbocycles. The molecule has 4 rings (SSSR count). The van der Waals surface area contributed by atoms with E-state index in [4.69, 9.17) is 4.74 Å². The second-order valence-corrected chi connectivity index (χ2v) is 8.63. The topological polar surface area (TPSA) is 54.5 Å². The lowest BCUT2D eigenvalue weighted by atomic mass is 10.1. The molecule has 1 aliphatic rings. The molecule has 0 radical (unpaired) electrons. The van der Waals surface area contributed by atoms with Crippen LogP contribution >= 0.6 is 27.3 Å². The number of fused-ring (bicyclic) bond motifs is 1. The summed E-state index contributed by atoms with van der Waals surface area (Å²) in [5, 5.41) is 3.51. The van der Waals surface area contributed by atoms with E-state index in [9.17, 15) is 4.79 Å². The van der Waals surface area contributed by atoms with Crippen LogP contribution in [0.4, 0.5) is 5.13 Å². The standard InChI is InChI=1S/C21H20BrN3O2S/c22-16-7-4-8-17(11-16)27-14-20(26)24-21-23-18-9-10-25(13-19(18)28-21)12-15-5-2-1-3-6-15/h1-8,11H,9-10,12-14H2,(H,23,24,26). The van der Waals surface area contributed by atoms with Crippen LogP contribution < -0.4 is 10.1 Å². The average Bonchev–Trinajstić information content (AvgIpc) is 3.09. The number of anilines is 1. The van der Waals surface area contributed by atoms with Crippen molar-refractivity contribution in [3.8, 4) is 5.75 Å². The Kier molecular flexibility index (Phi) is 6.04. The molecule has 0 atom stereocenters. The lowest BCUT2D eigenvalue weighted by Gasteiger charge is -2.25. The molecule has 2 heterocycles. The number of carbonyl (C=O) groups excluding carboxylic acids is 1. The largest absolute Gasteiger partial charge is 0.484 e. The fraction of sp³-hybridized carbons (Fsp3) is 0.238. The highest BCUT2D eigenvalue weighted by atomic mass is 79.9. The van der Waals surface area contributed by atoms with Gasteiger partial charge in [-0.3, -0.25) is 15.0 Å². The smallest absolute Gasteiger partial charge is 0.264 e. The van der Waals surface area contributed by atoms with E-state index in [1.165, 1.54) is 10.4 Å². The highest BCUT2D eigenvalue weighted by Gasteiger charge is 2.21. The van der Waals surface area contributed by atoms with Crippen molar-refractivity contribution in [2.24, 2.45) is 0 Å². The number of ether oxygens (including phenoxy) is 1. The zero-order chi connectivity index (χ0) is 19.3. The summed E-state index contributed by atoms with van der Waals surface area (Å²) in [4.78, 5) is 20.4. The average molecular weight is 458 g/mol. The van der Waals surface area contributed by atoms with Crippen LogP contribution in [-0.4, -0.2) is 28.9 Å². The van der Waals surface area contributed by atoms with Gasteiger partial charge in [0, 0.05) is 35.4 Å². The first-order valence-corrected chi connectivity index (χ1v) is 10.7. The van der Waals surface area contributed by atoms with Crippen molar-refractivity contribution >= 4 is 38.3 Å². The minimum Gasteiger partial charge on any atom is -0.484 e. The number of nitrogens with one attached hydrogen (secondary N) is 1. The molecule has 1 aliphatic heterocycles. The van der Waals surface area contributed by atoms with Gasteiger partial charge < -0.3 is 4.74 Å². The van der Waals surface area contributed by atoms with Crippen LogP contribution in [0.1, 0.15) is 16.1 Å². The Balaban J connectivity index is 1.32. The van der Waals surface area contributed by atoms with E-state index in [-0.39, 0.29) is 12.5 Å². The van der Waals surface area contributed by atoms with E-state index < -0.39 is 0 Å². The first-order chi connectivity index (χ1) is 13.7. The number of rotatable bonds is 6. The lowest BCUT2D eigenvalue weighted by molar-refractivity contribution is -0.118. The molecule has 0 spiro atoms. The predicted octanol–water partition coefficient (Wildman–Crippen LogP) is 4.48. The summed E-state index contributed by atoms with van der Waals surface area (Å²) < 4.78 is 6.45. The van der Waals surface area contributed by atoms with E-state index >= 15 is 0 Å². The SMILES string of the molecule is O=C(COc1cccc(Br)c1)Nc1nc2c(s1)CN(Cc1ccccc1)CC2. The first-order valence-electron chi connectivity index (χ1n) is 9.09. The van der Waals surface area contributed by atoms with Crippen molar-refractivity contribution in [2.45, 2.75) is 19.5 Å². The molecule has 2 aromatic carbocycles. The first kappa shape index (κ1) is 19.1. The third kappa shape index (κ3) is 4.98. The number of aromatic nitrogens is 1. The fourth-order valence-corrected chi connectivity index (χ4v) is 4.58. The highest BCUT2D eigenvalue weighted by molar-refractivity contribution is 9.10. The summed E-state index contributed by atoms with van der Waals surface area (Å²) in [6, 6.07) is 17.9. The third-order valence-corrected chi connectivity index (χ3v) is 5.96. The summed E-state index contributed by atoms with van der Waals surface area (Å²) in [5.74, 6) is 0.451. The van der Waals surface area contributed by atoms with Gasteiger partial charge in [-0.15, -0.1) is 11.3 Å². The van der Waals surface area contributed by atoms with Crippen LogP contribution in [0.2, 0.25) is 0 Å². The quantitative estimate of drug-likeness (QED) is 0.592. The van der Waals surface area contributed by atoms with Crippen LogP contribution in [-0.2, 0) is 24.3 Å². The number of nitrogens with zero attached hydrogens (tertiary/aromatic N) is 2. The maximum atomic E-state index is 12.2. The van der Waals surface area contributed by atoms with Gasteiger partial charge in [-0.2, -0.15) is 0 Å².